The molecular formula is C18H18N4O2. The number of pyridine rings is 1. The van der Waals surface area contributed by atoms with Gasteiger partial charge in [0.1, 0.15) is 5.52 Å². The summed E-state index contributed by atoms with van der Waals surface area (Å²) in [6, 6.07) is 12.0. The number of fused-ring (bicyclic) bond motifs is 1. The largest absolute Gasteiger partial charge is 0.423 e. The number of hydrogen-bond donors (Lipinski definition) is 1. The summed E-state index contributed by atoms with van der Waals surface area (Å²) >= 11 is 0. The third kappa shape index (κ3) is 2.95. The Bertz CT molecular complexity index is 805. The summed E-state index contributed by atoms with van der Waals surface area (Å²) in [5.74, 6) is 0.0612. The van der Waals surface area contributed by atoms with Crippen molar-refractivity contribution in [3.8, 4) is 0 Å². The number of carbonyl (C=O) groups excluding carboxylic acids is 1. The van der Waals surface area contributed by atoms with Crippen LogP contribution in [0.3, 0.4) is 0 Å². The molecule has 1 aliphatic heterocycles. The molecule has 1 amide bonds. The van der Waals surface area contributed by atoms with E-state index in [9.17, 15) is 4.79 Å². The molecule has 2 aromatic heterocycles. The Balaban J connectivity index is 1.38. The van der Waals surface area contributed by atoms with E-state index in [2.05, 4.69) is 20.2 Å². The molecule has 24 heavy (non-hydrogen) atoms. The minimum atomic E-state index is 0.00540. The third-order valence-corrected chi connectivity index (χ3v) is 4.35. The molecule has 0 atom stereocenters. The van der Waals surface area contributed by atoms with Gasteiger partial charge >= 0.3 is 0 Å². The van der Waals surface area contributed by atoms with E-state index in [0.29, 0.717) is 6.01 Å². The van der Waals surface area contributed by atoms with Crippen LogP contribution >= 0.6 is 0 Å². The first-order chi connectivity index (χ1) is 11.8. The van der Waals surface area contributed by atoms with Crippen molar-refractivity contribution in [3.63, 3.8) is 0 Å². The molecule has 3 heterocycles. The zero-order valence-corrected chi connectivity index (χ0v) is 13.2. The smallest absolute Gasteiger partial charge is 0.298 e. The van der Waals surface area contributed by atoms with E-state index in [1.807, 2.05) is 36.4 Å². The highest BCUT2D eigenvalue weighted by atomic mass is 16.4. The van der Waals surface area contributed by atoms with E-state index in [4.69, 9.17) is 4.42 Å². The van der Waals surface area contributed by atoms with Gasteiger partial charge in [0.05, 0.1) is 11.9 Å². The van der Waals surface area contributed by atoms with Crippen LogP contribution < -0.4 is 10.2 Å². The van der Waals surface area contributed by atoms with Gasteiger partial charge in [-0.2, -0.15) is 4.98 Å². The van der Waals surface area contributed by atoms with Crippen LogP contribution in [0.15, 0.2) is 53.2 Å². The van der Waals surface area contributed by atoms with Gasteiger partial charge in [-0.1, -0.05) is 12.1 Å². The number of oxazole rings is 1. The Morgan fingerprint density at radius 3 is 2.75 bits per heavy atom. The molecule has 0 radical (unpaired) electrons. The lowest BCUT2D eigenvalue weighted by molar-refractivity contribution is -0.120. The second-order valence-electron chi connectivity index (χ2n) is 5.96. The number of rotatable bonds is 3. The van der Waals surface area contributed by atoms with Crippen molar-refractivity contribution >= 4 is 28.7 Å². The summed E-state index contributed by atoms with van der Waals surface area (Å²) in [7, 11) is 0. The van der Waals surface area contributed by atoms with Crippen molar-refractivity contribution in [1.82, 2.24) is 9.97 Å². The Morgan fingerprint density at radius 2 is 2.00 bits per heavy atom. The summed E-state index contributed by atoms with van der Waals surface area (Å²) in [4.78, 5) is 23.0. The molecular weight excluding hydrogens is 304 g/mol. The van der Waals surface area contributed by atoms with E-state index in [1.165, 1.54) is 0 Å². The quantitative estimate of drug-likeness (QED) is 0.802. The van der Waals surface area contributed by atoms with E-state index in [-0.39, 0.29) is 11.8 Å². The molecule has 1 aliphatic rings. The van der Waals surface area contributed by atoms with Gasteiger partial charge < -0.3 is 14.6 Å². The molecule has 0 aliphatic carbocycles. The first-order valence-electron chi connectivity index (χ1n) is 8.11. The fourth-order valence-corrected chi connectivity index (χ4v) is 3.01. The molecule has 0 bridgehead atoms. The molecule has 0 unspecified atom stereocenters. The lowest BCUT2D eigenvalue weighted by Crippen LogP contribution is -2.38. The van der Waals surface area contributed by atoms with Crippen LogP contribution in [0.25, 0.3) is 11.1 Å². The van der Waals surface area contributed by atoms with Crippen molar-refractivity contribution in [2.24, 2.45) is 5.92 Å². The third-order valence-electron chi connectivity index (χ3n) is 4.35. The fraction of sp³-hybridized carbons (Fsp3) is 0.278. The van der Waals surface area contributed by atoms with Gasteiger partial charge in [0.25, 0.3) is 6.01 Å². The van der Waals surface area contributed by atoms with Crippen LogP contribution in [0.5, 0.6) is 0 Å². The first-order valence-corrected chi connectivity index (χ1v) is 8.11. The number of anilines is 2. The SMILES string of the molecule is O=C(Nc1cccnc1)C1CCN(c2nc3ccccc3o2)CC1. The van der Waals surface area contributed by atoms with Crippen molar-refractivity contribution in [2.75, 3.05) is 23.3 Å². The molecule has 122 valence electrons. The number of nitrogens with zero attached hydrogens (tertiary/aromatic N) is 3. The number of para-hydroxylation sites is 2. The second-order valence-corrected chi connectivity index (χ2v) is 5.96. The number of hydrogen-bond acceptors (Lipinski definition) is 5. The van der Waals surface area contributed by atoms with Crippen molar-refractivity contribution in [3.05, 3.63) is 48.8 Å². The molecule has 4 rings (SSSR count). The number of piperidine rings is 1. The maximum absolute atomic E-state index is 12.4. The number of amides is 1. The van der Waals surface area contributed by atoms with E-state index in [0.717, 1.165) is 42.7 Å². The van der Waals surface area contributed by atoms with E-state index >= 15 is 0 Å². The van der Waals surface area contributed by atoms with Crippen LogP contribution in [-0.4, -0.2) is 29.0 Å². The van der Waals surface area contributed by atoms with Gasteiger partial charge in [0.15, 0.2) is 5.58 Å². The highest BCUT2D eigenvalue weighted by Gasteiger charge is 2.27. The minimum absolute atomic E-state index is 0.00540. The maximum Gasteiger partial charge on any atom is 0.298 e. The first kappa shape index (κ1) is 14.7. The average Bonchev–Trinajstić information content (AvgIpc) is 3.07. The molecule has 6 nitrogen and oxygen atoms in total. The van der Waals surface area contributed by atoms with Crippen LogP contribution in [0.2, 0.25) is 0 Å². The van der Waals surface area contributed by atoms with Crippen LogP contribution in [0.1, 0.15) is 12.8 Å². The average molecular weight is 322 g/mol. The topological polar surface area (TPSA) is 71.3 Å². The zero-order valence-electron chi connectivity index (χ0n) is 13.2. The number of benzene rings is 1. The fourth-order valence-electron chi connectivity index (χ4n) is 3.01. The van der Waals surface area contributed by atoms with Gasteiger partial charge in [-0.15, -0.1) is 0 Å². The standard InChI is InChI=1S/C18H18N4O2/c23-17(20-14-4-3-9-19-12-14)13-7-10-22(11-8-13)18-21-15-5-1-2-6-16(15)24-18/h1-6,9,12-13H,7-8,10-11H2,(H,20,23). The van der Waals surface area contributed by atoms with E-state index < -0.39 is 0 Å². The lowest BCUT2D eigenvalue weighted by Gasteiger charge is -2.30. The highest BCUT2D eigenvalue weighted by molar-refractivity contribution is 5.92. The van der Waals surface area contributed by atoms with Gasteiger partial charge in [0, 0.05) is 25.2 Å². The molecule has 1 aromatic carbocycles. The molecule has 1 saturated heterocycles. The number of aromatic nitrogens is 2. The van der Waals surface area contributed by atoms with Crippen molar-refractivity contribution < 1.29 is 9.21 Å². The molecule has 0 saturated carbocycles. The Kier molecular flexibility index (Phi) is 3.86. The highest BCUT2D eigenvalue weighted by Crippen LogP contribution is 2.26. The molecule has 0 spiro atoms. The Labute approximate surface area is 139 Å². The van der Waals surface area contributed by atoms with Crippen molar-refractivity contribution in [1.29, 1.82) is 0 Å². The van der Waals surface area contributed by atoms with Crippen LogP contribution in [-0.2, 0) is 4.79 Å². The summed E-state index contributed by atoms with van der Waals surface area (Å²) in [6.07, 6.45) is 4.91. The molecule has 6 heteroatoms. The monoisotopic (exact) mass is 322 g/mol. The van der Waals surface area contributed by atoms with Gasteiger partial charge in [-0.3, -0.25) is 9.78 Å². The Morgan fingerprint density at radius 1 is 1.17 bits per heavy atom. The Hall–Kier alpha value is -2.89. The predicted molar refractivity (Wildman–Crippen MR) is 91.8 cm³/mol. The predicted octanol–water partition coefficient (Wildman–Crippen LogP) is 3.08. The summed E-state index contributed by atoms with van der Waals surface area (Å²) in [5.41, 5.74) is 2.40. The van der Waals surface area contributed by atoms with Crippen LogP contribution in [0.4, 0.5) is 11.7 Å². The van der Waals surface area contributed by atoms with Crippen LogP contribution in [0, 0.1) is 5.92 Å². The molecule has 3 aromatic rings. The zero-order chi connectivity index (χ0) is 16.4. The molecule has 1 N–H and O–H groups in total. The second kappa shape index (κ2) is 6.31. The minimum Gasteiger partial charge on any atom is -0.423 e. The van der Waals surface area contributed by atoms with Gasteiger partial charge in [-0.25, -0.2) is 0 Å². The maximum atomic E-state index is 12.4. The van der Waals surface area contributed by atoms with E-state index in [1.54, 1.807) is 12.4 Å². The molecule has 1 fully saturated rings. The number of nitrogens with one attached hydrogen (secondary N) is 1. The summed E-state index contributed by atoms with van der Waals surface area (Å²) in [5, 5.41) is 2.93. The lowest BCUT2D eigenvalue weighted by atomic mass is 9.96. The van der Waals surface area contributed by atoms with Crippen molar-refractivity contribution in [2.45, 2.75) is 12.8 Å². The number of carbonyl (C=O) groups is 1. The normalized spacial score (nSPS) is 15.6. The summed E-state index contributed by atoms with van der Waals surface area (Å²) < 4.78 is 5.80. The van der Waals surface area contributed by atoms with Gasteiger partial charge in [-0.05, 0) is 37.1 Å². The summed E-state index contributed by atoms with van der Waals surface area (Å²) in [6.45, 7) is 1.52. The van der Waals surface area contributed by atoms with Gasteiger partial charge in [0.2, 0.25) is 5.91 Å².